The number of hydrogen-bond donors (Lipinski definition) is 3. The van der Waals surface area contributed by atoms with Gasteiger partial charge in [-0.2, -0.15) is 0 Å². The van der Waals surface area contributed by atoms with E-state index in [-0.39, 0.29) is 18.0 Å². The molecule has 0 saturated carbocycles. The maximum atomic E-state index is 12.9. The fraction of sp³-hybridized carbons (Fsp3) is 0.474. The topological polar surface area (TPSA) is 82.3 Å². The molecule has 7 nitrogen and oxygen atoms in total. The first-order valence-corrected chi connectivity index (χ1v) is 9.18. The summed E-state index contributed by atoms with van der Waals surface area (Å²) in [5.41, 5.74) is 7.51. The molecule has 2 aliphatic heterocycles. The summed E-state index contributed by atoms with van der Waals surface area (Å²) in [6.45, 7) is 1.56. The summed E-state index contributed by atoms with van der Waals surface area (Å²) in [6, 6.07) is 7.81. The second-order valence-electron chi connectivity index (χ2n) is 6.95. The van der Waals surface area contributed by atoms with Gasteiger partial charge in [0.15, 0.2) is 0 Å². The van der Waals surface area contributed by atoms with E-state index in [1.54, 1.807) is 13.3 Å². The van der Waals surface area contributed by atoms with Gasteiger partial charge < -0.3 is 14.6 Å². The highest BCUT2D eigenvalue weighted by Crippen LogP contribution is 2.31. The number of carbonyl (C=O) groups is 1. The van der Waals surface area contributed by atoms with Crippen molar-refractivity contribution in [2.75, 3.05) is 20.2 Å². The largest absolute Gasteiger partial charge is 0.496 e. The van der Waals surface area contributed by atoms with Gasteiger partial charge in [-0.25, -0.2) is 15.8 Å². The molecular formula is C19H25N5O2. The van der Waals surface area contributed by atoms with Gasteiger partial charge in [-0.3, -0.25) is 4.79 Å². The average molecular weight is 355 g/mol. The second-order valence-corrected chi connectivity index (χ2v) is 6.95. The van der Waals surface area contributed by atoms with Gasteiger partial charge in [0.1, 0.15) is 17.6 Å². The number of aromatic amines is 1. The predicted octanol–water partition coefficient (Wildman–Crippen LogP) is 1.73. The molecule has 7 heteroatoms. The predicted molar refractivity (Wildman–Crippen MR) is 97.6 cm³/mol. The molecule has 0 radical (unpaired) electrons. The first-order chi connectivity index (χ1) is 12.8. The molecule has 138 valence electrons. The molecule has 2 fully saturated rings. The van der Waals surface area contributed by atoms with Crippen LogP contribution in [0.2, 0.25) is 0 Å². The number of H-pyrrole nitrogens is 1. The molecule has 1 aromatic heterocycles. The first kappa shape index (κ1) is 17.1. The number of hydrogen-bond acceptors (Lipinski definition) is 5. The Labute approximate surface area is 153 Å². The molecule has 0 bridgehead atoms. The van der Waals surface area contributed by atoms with Gasteiger partial charge >= 0.3 is 0 Å². The lowest BCUT2D eigenvalue weighted by Gasteiger charge is -2.32. The number of amides is 1. The van der Waals surface area contributed by atoms with Gasteiger partial charge in [0.05, 0.1) is 13.2 Å². The van der Waals surface area contributed by atoms with Crippen molar-refractivity contribution in [1.29, 1.82) is 0 Å². The van der Waals surface area contributed by atoms with Crippen molar-refractivity contribution in [3.63, 3.8) is 0 Å². The number of ether oxygens (including phenoxy) is 1. The first-order valence-electron chi connectivity index (χ1n) is 9.18. The summed E-state index contributed by atoms with van der Waals surface area (Å²) >= 11 is 0. The number of imidazole rings is 1. The summed E-state index contributed by atoms with van der Waals surface area (Å²) in [5.74, 6) is 2.48. The zero-order valence-electron chi connectivity index (χ0n) is 14.9. The molecular weight excluding hydrogens is 330 g/mol. The third kappa shape index (κ3) is 3.32. The Morgan fingerprint density at radius 3 is 2.77 bits per heavy atom. The fourth-order valence-corrected chi connectivity index (χ4v) is 3.97. The molecule has 26 heavy (non-hydrogen) atoms. The SMILES string of the molecule is COc1ccccc1C1CC(C(=O)N2CCC(c3ncc[nH]3)CC2)NN1. The van der Waals surface area contributed by atoms with E-state index < -0.39 is 0 Å². The quantitative estimate of drug-likeness (QED) is 0.778. The highest BCUT2D eigenvalue weighted by Gasteiger charge is 2.35. The number of aromatic nitrogens is 2. The Kier molecular flexibility index (Phi) is 4.90. The standard InChI is InChI=1S/C19H25N5O2/c1-26-17-5-3-2-4-14(17)15-12-16(23-22-15)19(25)24-10-6-13(7-11-24)18-20-8-9-21-18/h2-5,8-9,13,15-16,22-23H,6-7,10-12H2,1H3,(H,20,21). The Bertz CT molecular complexity index is 740. The van der Waals surface area contributed by atoms with E-state index in [4.69, 9.17) is 4.74 Å². The van der Waals surface area contributed by atoms with Crippen LogP contribution in [0.25, 0.3) is 0 Å². The molecule has 2 atom stereocenters. The van der Waals surface area contributed by atoms with Crippen molar-refractivity contribution in [3.8, 4) is 5.75 Å². The van der Waals surface area contributed by atoms with Crippen LogP contribution in [-0.2, 0) is 4.79 Å². The van der Waals surface area contributed by atoms with Crippen molar-refractivity contribution in [2.45, 2.75) is 37.3 Å². The molecule has 4 rings (SSSR count). The molecule has 0 spiro atoms. The van der Waals surface area contributed by atoms with Crippen LogP contribution in [0.3, 0.4) is 0 Å². The van der Waals surface area contributed by atoms with Crippen molar-refractivity contribution >= 4 is 5.91 Å². The van der Waals surface area contributed by atoms with Gasteiger partial charge in [-0.15, -0.1) is 0 Å². The van der Waals surface area contributed by atoms with Crippen molar-refractivity contribution in [3.05, 3.63) is 48.0 Å². The maximum Gasteiger partial charge on any atom is 0.241 e. The summed E-state index contributed by atoms with van der Waals surface area (Å²) < 4.78 is 5.44. The van der Waals surface area contributed by atoms with Gasteiger partial charge in [-0.05, 0) is 25.3 Å². The number of methoxy groups -OCH3 is 1. The average Bonchev–Trinajstić information content (AvgIpc) is 3.39. The molecule has 2 aromatic rings. The van der Waals surface area contributed by atoms with E-state index in [9.17, 15) is 4.79 Å². The lowest BCUT2D eigenvalue weighted by molar-refractivity contribution is -0.134. The number of benzene rings is 1. The number of rotatable bonds is 4. The van der Waals surface area contributed by atoms with E-state index in [2.05, 4.69) is 20.8 Å². The van der Waals surface area contributed by atoms with Crippen LogP contribution >= 0.6 is 0 Å². The van der Waals surface area contributed by atoms with E-state index in [1.807, 2.05) is 35.4 Å². The highest BCUT2D eigenvalue weighted by atomic mass is 16.5. The second kappa shape index (κ2) is 7.47. The number of nitrogens with one attached hydrogen (secondary N) is 3. The number of nitrogens with zero attached hydrogens (tertiary/aromatic N) is 2. The van der Waals surface area contributed by atoms with Gasteiger partial charge in [0.25, 0.3) is 0 Å². The third-order valence-electron chi connectivity index (χ3n) is 5.43. The van der Waals surface area contributed by atoms with E-state index in [0.29, 0.717) is 5.92 Å². The Hall–Kier alpha value is -2.38. The summed E-state index contributed by atoms with van der Waals surface area (Å²) in [5, 5.41) is 0. The van der Waals surface area contributed by atoms with Crippen molar-refractivity contribution in [2.24, 2.45) is 0 Å². The van der Waals surface area contributed by atoms with Crippen LogP contribution in [0.15, 0.2) is 36.7 Å². The fourth-order valence-electron chi connectivity index (χ4n) is 3.97. The van der Waals surface area contributed by atoms with Crippen LogP contribution in [0, 0.1) is 0 Å². The normalized spacial score (nSPS) is 24.0. The third-order valence-corrected chi connectivity index (χ3v) is 5.43. The molecule has 2 saturated heterocycles. The van der Waals surface area contributed by atoms with E-state index in [0.717, 1.165) is 49.5 Å². The van der Waals surface area contributed by atoms with E-state index >= 15 is 0 Å². The van der Waals surface area contributed by atoms with Crippen molar-refractivity contribution in [1.82, 2.24) is 25.7 Å². The molecule has 3 N–H and O–H groups in total. The zero-order valence-corrected chi connectivity index (χ0v) is 14.9. The molecule has 1 amide bonds. The number of carbonyl (C=O) groups excluding carboxylic acids is 1. The molecule has 3 heterocycles. The number of para-hydroxylation sites is 1. The van der Waals surface area contributed by atoms with Crippen LogP contribution in [0.5, 0.6) is 5.75 Å². The number of likely N-dealkylation sites (tertiary alicyclic amines) is 1. The zero-order chi connectivity index (χ0) is 17.9. The Morgan fingerprint density at radius 1 is 1.23 bits per heavy atom. The molecule has 2 unspecified atom stereocenters. The minimum atomic E-state index is -0.204. The summed E-state index contributed by atoms with van der Waals surface area (Å²) in [4.78, 5) is 22.4. The molecule has 0 aliphatic carbocycles. The van der Waals surface area contributed by atoms with E-state index in [1.165, 1.54) is 0 Å². The highest BCUT2D eigenvalue weighted by molar-refractivity contribution is 5.82. The Balaban J connectivity index is 1.35. The lowest BCUT2D eigenvalue weighted by atomic mass is 9.95. The summed E-state index contributed by atoms with van der Waals surface area (Å²) in [6.07, 6.45) is 6.28. The number of piperidine rings is 1. The summed E-state index contributed by atoms with van der Waals surface area (Å²) in [7, 11) is 1.67. The Morgan fingerprint density at radius 2 is 2.04 bits per heavy atom. The van der Waals surface area contributed by atoms with Gasteiger partial charge in [0, 0.05) is 37.0 Å². The minimum absolute atomic E-state index is 0.0701. The van der Waals surface area contributed by atoms with Crippen LogP contribution in [-0.4, -0.2) is 47.0 Å². The smallest absolute Gasteiger partial charge is 0.241 e. The van der Waals surface area contributed by atoms with Gasteiger partial charge in [-0.1, -0.05) is 18.2 Å². The van der Waals surface area contributed by atoms with Crippen LogP contribution in [0.1, 0.15) is 42.6 Å². The molecule has 1 aromatic carbocycles. The maximum absolute atomic E-state index is 12.9. The van der Waals surface area contributed by atoms with Crippen molar-refractivity contribution < 1.29 is 9.53 Å². The monoisotopic (exact) mass is 355 g/mol. The van der Waals surface area contributed by atoms with Gasteiger partial charge in [0.2, 0.25) is 5.91 Å². The number of hydrazine groups is 1. The minimum Gasteiger partial charge on any atom is -0.496 e. The lowest BCUT2D eigenvalue weighted by Crippen LogP contribution is -2.48. The molecule has 2 aliphatic rings. The van der Waals surface area contributed by atoms with Crippen LogP contribution in [0.4, 0.5) is 0 Å². The van der Waals surface area contributed by atoms with Crippen LogP contribution < -0.4 is 15.6 Å².